The maximum absolute atomic E-state index is 11.4. The van der Waals surface area contributed by atoms with E-state index in [4.69, 9.17) is 5.11 Å². The highest BCUT2D eigenvalue weighted by Gasteiger charge is 2.17. The molecule has 0 fully saturated rings. The summed E-state index contributed by atoms with van der Waals surface area (Å²) in [6, 6.07) is 3.96. The number of rotatable bonds is 6. The molecular weight excluding hydrogens is 254 g/mol. The Bertz CT molecular complexity index is 477. The third-order valence-corrected chi connectivity index (χ3v) is 2.42. The molecule has 1 atom stereocenters. The number of nitrogens with one attached hydrogen (secondary N) is 2. The van der Waals surface area contributed by atoms with E-state index in [1.165, 1.54) is 19.2 Å². The summed E-state index contributed by atoms with van der Waals surface area (Å²) in [6.07, 6.45) is -1.02. The van der Waals surface area contributed by atoms with Crippen molar-refractivity contribution in [2.24, 2.45) is 0 Å². The van der Waals surface area contributed by atoms with Gasteiger partial charge in [0.15, 0.2) is 0 Å². The van der Waals surface area contributed by atoms with E-state index in [9.17, 15) is 20.0 Å². The van der Waals surface area contributed by atoms with Crippen LogP contribution >= 0.6 is 0 Å². The van der Waals surface area contributed by atoms with Crippen LogP contribution in [-0.4, -0.2) is 47.3 Å². The summed E-state index contributed by atoms with van der Waals surface area (Å²) >= 11 is 0. The number of nitro benzene ring substituents is 1. The molecule has 0 heterocycles. The molecule has 1 aromatic rings. The Balaban J connectivity index is 2.98. The van der Waals surface area contributed by atoms with Gasteiger partial charge >= 0.3 is 0 Å². The highest BCUT2D eigenvalue weighted by Crippen LogP contribution is 2.25. The van der Waals surface area contributed by atoms with Gasteiger partial charge in [0.05, 0.1) is 17.6 Å². The summed E-state index contributed by atoms with van der Waals surface area (Å²) in [7, 11) is 1.43. The Hall–Kier alpha value is -2.19. The predicted octanol–water partition coefficient (Wildman–Crippen LogP) is -0.280. The number of hydrogen-bond acceptors (Lipinski definition) is 6. The second-order valence-electron chi connectivity index (χ2n) is 3.79. The number of aliphatic hydroxyl groups is 2. The van der Waals surface area contributed by atoms with Gasteiger partial charge in [-0.25, -0.2) is 0 Å². The van der Waals surface area contributed by atoms with Gasteiger partial charge in [0.25, 0.3) is 11.6 Å². The van der Waals surface area contributed by atoms with Crippen LogP contribution in [0.15, 0.2) is 18.2 Å². The van der Waals surface area contributed by atoms with E-state index in [-0.39, 0.29) is 23.5 Å². The van der Waals surface area contributed by atoms with Crippen molar-refractivity contribution in [3.05, 3.63) is 33.9 Å². The molecule has 0 bridgehead atoms. The lowest BCUT2D eigenvalue weighted by atomic mass is 10.1. The minimum atomic E-state index is -1.02. The molecule has 4 N–H and O–H groups in total. The van der Waals surface area contributed by atoms with Crippen molar-refractivity contribution < 1.29 is 19.9 Å². The highest BCUT2D eigenvalue weighted by atomic mass is 16.6. The average Bonchev–Trinajstić information content (AvgIpc) is 2.43. The van der Waals surface area contributed by atoms with E-state index < -0.39 is 23.5 Å². The van der Waals surface area contributed by atoms with Crippen molar-refractivity contribution in [3.63, 3.8) is 0 Å². The number of amides is 1. The standard InChI is InChI=1S/C11H15N3O5/c1-12-11(17)7-2-3-9(10(4-7)14(18)19)13-5-8(16)6-15/h2-4,8,13,15-16H,5-6H2,1H3,(H,12,17). The molecule has 19 heavy (non-hydrogen) atoms. The zero-order valence-corrected chi connectivity index (χ0v) is 10.3. The van der Waals surface area contributed by atoms with E-state index in [1.807, 2.05) is 0 Å². The first-order valence-corrected chi connectivity index (χ1v) is 5.53. The number of hydrogen-bond donors (Lipinski definition) is 4. The third kappa shape index (κ3) is 3.90. The van der Waals surface area contributed by atoms with E-state index in [0.29, 0.717) is 0 Å². The Kier molecular flexibility index (Phi) is 5.22. The highest BCUT2D eigenvalue weighted by molar-refractivity contribution is 5.95. The topological polar surface area (TPSA) is 125 Å². The number of aliphatic hydroxyl groups excluding tert-OH is 2. The van der Waals surface area contributed by atoms with Crippen LogP contribution in [-0.2, 0) is 0 Å². The molecule has 0 radical (unpaired) electrons. The fraction of sp³-hybridized carbons (Fsp3) is 0.364. The van der Waals surface area contributed by atoms with Crippen LogP contribution in [0, 0.1) is 10.1 Å². The summed E-state index contributed by atoms with van der Waals surface area (Å²) in [5, 5.41) is 33.8. The molecule has 0 saturated carbocycles. The first kappa shape index (κ1) is 14.9. The molecular formula is C11H15N3O5. The molecule has 1 rings (SSSR count). The largest absolute Gasteiger partial charge is 0.394 e. The minimum absolute atomic E-state index is 0.0311. The van der Waals surface area contributed by atoms with Crippen LogP contribution < -0.4 is 10.6 Å². The zero-order chi connectivity index (χ0) is 14.4. The van der Waals surface area contributed by atoms with Gasteiger partial charge in [-0.1, -0.05) is 0 Å². The number of carbonyl (C=O) groups excluding carboxylic acids is 1. The molecule has 8 nitrogen and oxygen atoms in total. The summed E-state index contributed by atoms with van der Waals surface area (Å²) in [6.45, 7) is -0.478. The predicted molar refractivity (Wildman–Crippen MR) is 68.1 cm³/mol. The Morgan fingerprint density at radius 1 is 1.53 bits per heavy atom. The quantitative estimate of drug-likeness (QED) is 0.416. The lowest BCUT2D eigenvalue weighted by molar-refractivity contribution is -0.384. The smallest absolute Gasteiger partial charge is 0.293 e. The van der Waals surface area contributed by atoms with Crippen LogP contribution in [0.25, 0.3) is 0 Å². The molecule has 0 aliphatic rings. The van der Waals surface area contributed by atoms with E-state index in [2.05, 4.69) is 10.6 Å². The van der Waals surface area contributed by atoms with Gasteiger partial charge in [0.2, 0.25) is 0 Å². The fourth-order valence-corrected chi connectivity index (χ4v) is 1.41. The van der Waals surface area contributed by atoms with Crippen molar-refractivity contribution in [1.29, 1.82) is 0 Å². The van der Waals surface area contributed by atoms with Crippen molar-refractivity contribution >= 4 is 17.3 Å². The van der Waals surface area contributed by atoms with Gasteiger partial charge in [-0.05, 0) is 12.1 Å². The second kappa shape index (κ2) is 6.66. The first-order chi connectivity index (χ1) is 8.99. The van der Waals surface area contributed by atoms with Crippen LogP contribution in [0.3, 0.4) is 0 Å². The molecule has 0 saturated heterocycles. The number of benzene rings is 1. The van der Waals surface area contributed by atoms with Crippen molar-refractivity contribution in [1.82, 2.24) is 5.32 Å². The molecule has 0 aromatic heterocycles. The van der Waals surface area contributed by atoms with Crippen LogP contribution in [0.5, 0.6) is 0 Å². The lowest BCUT2D eigenvalue weighted by Gasteiger charge is -2.11. The molecule has 0 spiro atoms. The van der Waals surface area contributed by atoms with Crippen molar-refractivity contribution in [2.75, 3.05) is 25.5 Å². The number of carbonyl (C=O) groups is 1. The molecule has 0 aliphatic heterocycles. The van der Waals surface area contributed by atoms with Gasteiger partial charge in [0, 0.05) is 25.2 Å². The first-order valence-electron chi connectivity index (χ1n) is 5.53. The van der Waals surface area contributed by atoms with Gasteiger partial charge in [-0.2, -0.15) is 0 Å². The molecule has 104 valence electrons. The molecule has 8 heteroatoms. The van der Waals surface area contributed by atoms with Gasteiger partial charge < -0.3 is 20.8 Å². The fourth-order valence-electron chi connectivity index (χ4n) is 1.41. The zero-order valence-electron chi connectivity index (χ0n) is 10.3. The maximum Gasteiger partial charge on any atom is 0.293 e. The molecule has 1 amide bonds. The Morgan fingerprint density at radius 2 is 2.21 bits per heavy atom. The SMILES string of the molecule is CNC(=O)c1ccc(NCC(O)CO)c([N+](=O)[O-])c1. The number of anilines is 1. The average molecular weight is 269 g/mol. The molecule has 1 aromatic carbocycles. The Labute approximate surface area is 109 Å². The third-order valence-electron chi connectivity index (χ3n) is 2.42. The Morgan fingerprint density at radius 3 is 2.74 bits per heavy atom. The normalized spacial score (nSPS) is 11.7. The van der Waals surface area contributed by atoms with Gasteiger partial charge in [-0.3, -0.25) is 14.9 Å². The monoisotopic (exact) mass is 269 g/mol. The van der Waals surface area contributed by atoms with E-state index in [1.54, 1.807) is 0 Å². The minimum Gasteiger partial charge on any atom is -0.394 e. The number of nitro groups is 1. The molecule has 0 aliphatic carbocycles. The van der Waals surface area contributed by atoms with Gasteiger partial charge in [0.1, 0.15) is 5.69 Å². The van der Waals surface area contributed by atoms with Crippen molar-refractivity contribution in [2.45, 2.75) is 6.10 Å². The summed E-state index contributed by atoms with van der Waals surface area (Å²) < 4.78 is 0. The second-order valence-corrected chi connectivity index (χ2v) is 3.79. The van der Waals surface area contributed by atoms with Crippen LogP contribution in [0.2, 0.25) is 0 Å². The summed E-state index contributed by atoms with van der Waals surface area (Å²) in [5.41, 5.74) is 0.0684. The summed E-state index contributed by atoms with van der Waals surface area (Å²) in [5.74, 6) is -0.426. The van der Waals surface area contributed by atoms with Crippen LogP contribution in [0.1, 0.15) is 10.4 Å². The van der Waals surface area contributed by atoms with Crippen LogP contribution in [0.4, 0.5) is 11.4 Å². The van der Waals surface area contributed by atoms with Crippen molar-refractivity contribution in [3.8, 4) is 0 Å². The number of nitrogens with zero attached hydrogens (tertiary/aromatic N) is 1. The summed E-state index contributed by atoms with van der Waals surface area (Å²) in [4.78, 5) is 21.7. The van der Waals surface area contributed by atoms with E-state index in [0.717, 1.165) is 6.07 Å². The van der Waals surface area contributed by atoms with Gasteiger partial charge in [-0.15, -0.1) is 0 Å². The molecule has 1 unspecified atom stereocenters. The van der Waals surface area contributed by atoms with E-state index >= 15 is 0 Å². The lowest BCUT2D eigenvalue weighted by Crippen LogP contribution is -2.23. The maximum atomic E-state index is 11.4.